The third-order valence-corrected chi connectivity index (χ3v) is 3.18. The summed E-state index contributed by atoms with van der Waals surface area (Å²) in [6.07, 6.45) is 3.42. The quantitative estimate of drug-likeness (QED) is 0.730. The summed E-state index contributed by atoms with van der Waals surface area (Å²) < 4.78 is 2.64. The second-order valence-corrected chi connectivity index (χ2v) is 4.45. The minimum absolute atomic E-state index is 0.689. The molecule has 0 fully saturated rings. The van der Waals surface area contributed by atoms with Gasteiger partial charge < -0.3 is 0 Å². The molecular formula is C12H8BrN5. The molecule has 3 rings (SSSR count). The van der Waals surface area contributed by atoms with Crippen molar-refractivity contribution in [2.75, 3.05) is 0 Å². The molecule has 2 heterocycles. The molecule has 0 saturated heterocycles. The molecule has 0 amide bonds. The van der Waals surface area contributed by atoms with Crippen LogP contribution in [0.3, 0.4) is 0 Å². The summed E-state index contributed by atoms with van der Waals surface area (Å²) in [6, 6.07) is 11.5. The Morgan fingerprint density at radius 1 is 1.00 bits per heavy atom. The van der Waals surface area contributed by atoms with Gasteiger partial charge in [0.2, 0.25) is 0 Å². The molecule has 0 aliphatic rings. The lowest BCUT2D eigenvalue weighted by atomic mass is 10.2. The molecule has 3 aromatic rings. The number of benzene rings is 1. The molecule has 0 spiro atoms. The number of rotatable bonds is 2. The molecular weight excluding hydrogens is 294 g/mol. The Bertz CT molecular complexity index is 665. The van der Waals surface area contributed by atoms with Crippen molar-refractivity contribution in [1.82, 2.24) is 25.2 Å². The first-order valence-electron chi connectivity index (χ1n) is 5.30. The largest absolute Gasteiger partial charge is 0.265 e. The molecule has 0 bridgehead atoms. The van der Waals surface area contributed by atoms with Crippen molar-refractivity contribution in [3.8, 4) is 17.1 Å². The van der Waals surface area contributed by atoms with Crippen LogP contribution in [0.15, 0.2) is 53.3 Å². The van der Waals surface area contributed by atoms with E-state index in [-0.39, 0.29) is 0 Å². The fraction of sp³-hybridized carbons (Fsp3) is 0. The zero-order valence-electron chi connectivity index (χ0n) is 9.23. The predicted molar refractivity (Wildman–Crippen MR) is 70.1 cm³/mol. The highest BCUT2D eigenvalue weighted by Crippen LogP contribution is 2.26. The number of pyridine rings is 1. The number of halogens is 1. The number of nitrogens with zero attached hydrogens (tertiary/aromatic N) is 5. The lowest BCUT2D eigenvalue weighted by molar-refractivity contribution is 0.790. The van der Waals surface area contributed by atoms with E-state index in [2.05, 4.69) is 36.4 Å². The van der Waals surface area contributed by atoms with Crippen LogP contribution in [0.2, 0.25) is 0 Å². The van der Waals surface area contributed by atoms with Crippen molar-refractivity contribution in [1.29, 1.82) is 0 Å². The van der Waals surface area contributed by atoms with E-state index in [9.17, 15) is 0 Å². The summed E-state index contributed by atoms with van der Waals surface area (Å²) in [5, 5.41) is 11.8. The highest BCUT2D eigenvalue weighted by Gasteiger charge is 2.12. The smallest absolute Gasteiger partial charge is 0.188 e. The van der Waals surface area contributed by atoms with E-state index in [1.165, 1.54) is 0 Å². The van der Waals surface area contributed by atoms with Gasteiger partial charge in [0.1, 0.15) is 0 Å². The molecule has 0 saturated carbocycles. The third-order valence-electron chi connectivity index (χ3n) is 2.49. The highest BCUT2D eigenvalue weighted by atomic mass is 79.9. The van der Waals surface area contributed by atoms with E-state index in [1.54, 1.807) is 17.1 Å². The fourth-order valence-electron chi connectivity index (χ4n) is 1.66. The molecule has 5 nitrogen and oxygen atoms in total. The van der Waals surface area contributed by atoms with Crippen LogP contribution in [0.5, 0.6) is 0 Å². The second-order valence-electron chi connectivity index (χ2n) is 3.60. The van der Waals surface area contributed by atoms with E-state index in [4.69, 9.17) is 0 Å². The van der Waals surface area contributed by atoms with Crippen molar-refractivity contribution in [3.63, 3.8) is 0 Å². The third kappa shape index (κ3) is 1.91. The maximum atomic E-state index is 4.08. The van der Waals surface area contributed by atoms with Gasteiger partial charge in [0, 0.05) is 22.4 Å². The predicted octanol–water partition coefficient (Wildman–Crippen LogP) is 2.49. The molecule has 1 aromatic carbocycles. The van der Waals surface area contributed by atoms with Gasteiger partial charge in [-0.2, -0.15) is 4.68 Å². The molecule has 18 heavy (non-hydrogen) atoms. The summed E-state index contributed by atoms with van der Waals surface area (Å²) in [4.78, 5) is 3.98. The topological polar surface area (TPSA) is 56.5 Å². The van der Waals surface area contributed by atoms with E-state index >= 15 is 0 Å². The average Bonchev–Trinajstić information content (AvgIpc) is 2.89. The maximum absolute atomic E-state index is 4.08. The summed E-state index contributed by atoms with van der Waals surface area (Å²) in [6.45, 7) is 0. The van der Waals surface area contributed by atoms with Gasteiger partial charge in [-0.15, -0.1) is 5.10 Å². The fourth-order valence-corrected chi connectivity index (χ4v) is 2.12. The Kier molecular flexibility index (Phi) is 2.85. The van der Waals surface area contributed by atoms with Crippen LogP contribution >= 0.6 is 15.9 Å². The minimum Gasteiger partial charge on any atom is -0.265 e. The van der Waals surface area contributed by atoms with Crippen LogP contribution in [-0.2, 0) is 0 Å². The van der Waals surface area contributed by atoms with Crippen molar-refractivity contribution in [2.45, 2.75) is 0 Å². The van der Waals surface area contributed by atoms with Crippen LogP contribution in [0.4, 0.5) is 0 Å². The highest BCUT2D eigenvalue weighted by molar-refractivity contribution is 9.10. The average molecular weight is 302 g/mol. The van der Waals surface area contributed by atoms with Crippen molar-refractivity contribution >= 4 is 15.9 Å². The van der Waals surface area contributed by atoms with Crippen LogP contribution in [-0.4, -0.2) is 25.2 Å². The van der Waals surface area contributed by atoms with Gasteiger partial charge >= 0.3 is 0 Å². The number of aromatic nitrogens is 5. The van der Waals surface area contributed by atoms with Gasteiger partial charge in [-0.05, 0) is 34.7 Å². The van der Waals surface area contributed by atoms with Crippen molar-refractivity contribution in [2.24, 2.45) is 0 Å². The van der Waals surface area contributed by atoms with E-state index < -0.39 is 0 Å². The molecule has 2 aromatic heterocycles. The number of tetrazole rings is 1. The molecule has 0 N–H and O–H groups in total. The SMILES string of the molecule is Brc1ccccc1-c1nnnn1-c1ccncc1. The van der Waals surface area contributed by atoms with Crippen LogP contribution < -0.4 is 0 Å². The Balaban J connectivity index is 2.16. The Labute approximate surface area is 112 Å². The standard InChI is InChI=1S/C12H8BrN5/c13-11-4-2-1-3-10(11)12-15-16-17-18(12)9-5-7-14-8-6-9/h1-8H. The van der Waals surface area contributed by atoms with Gasteiger partial charge in [0.15, 0.2) is 5.82 Å². The van der Waals surface area contributed by atoms with E-state index in [1.807, 2.05) is 36.4 Å². The van der Waals surface area contributed by atoms with Crippen molar-refractivity contribution in [3.05, 3.63) is 53.3 Å². The molecule has 0 aliphatic heterocycles. The molecule has 6 heteroatoms. The first-order valence-corrected chi connectivity index (χ1v) is 6.09. The molecule has 0 aliphatic carbocycles. The van der Waals surface area contributed by atoms with Gasteiger partial charge in [0.05, 0.1) is 5.69 Å². The van der Waals surface area contributed by atoms with Gasteiger partial charge in [-0.25, -0.2) is 0 Å². The van der Waals surface area contributed by atoms with Crippen LogP contribution in [0.25, 0.3) is 17.1 Å². The Hall–Kier alpha value is -2.08. The first kappa shape index (κ1) is 11.0. The second kappa shape index (κ2) is 4.66. The number of hydrogen-bond acceptors (Lipinski definition) is 4. The van der Waals surface area contributed by atoms with E-state index in [0.29, 0.717) is 5.82 Å². The maximum Gasteiger partial charge on any atom is 0.188 e. The van der Waals surface area contributed by atoms with Gasteiger partial charge in [-0.1, -0.05) is 28.1 Å². The lowest BCUT2D eigenvalue weighted by Crippen LogP contribution is -2.00. The Morgan fingerprint density at radius 2 is 1.78 bits per heavy atom. The zero-order chi connectivity index (χ0) is 12.4. The van der Waals surface area contributed by atoms with Gasteiger partial charge in [-0.3, -0.25) is 4.98 Å². The number of hydrogen-bond donors (Lipinski definition) is 0. The van der Waals surface area contributed by atoms with Crippen LogP contribution in [0, 0.1) is 0 Å². The van der Waals surface area contributed by atoms with Crippen molar-refractivity contribution < 1.29 is 0 Å². The lowest BCUT2D eigenvalue weighted by Gasteiger charge is -2.05. The Morgan fingerprint density at radius 3 is 2.56 bits per heavy atom. The van der Waals surface area contributed by atoms with Gasteiger partial charge in [0.25, 0.3) is 0 Å². The molecule has 0 radical (unpaired) electrons. The molecule has 0 atom stereocenters. The summed E-state index contributed by atoms with van der Waals surface area (Å²) in [5.41, 5.74) is 1.82. The molecule has 0 unspecified atom stereocenters. The first-order chi connectivity index (χ1) is 8.86. The normalized spacial score (nSPS) is 10.5. The zero-order valence-corrected chi connectivity index (χ0v) is 10.8. The summed E-state index contributed by atoms with van der Waals surface area (Å²) >= 11 is 3.50. The van der Waals surface area contributed by atoms with Crippen LogP contribution in [0.1, 0.15) is 0 Å². The minimum atomic E-state index is 0.689. The molecule has 88 valence electrons. The monoisotopic (exact) mass is 301 g/mol. The summed E-state index contributed by atoms with van der Waals surface area (Å²) in [7, 11) is 0. The van der Waals surface area contributed by atoms with E-state index in [0.717, 1.165) is 15.7 Å². The summed E-state index contributed by atoms with van der Waals surface area (Å²) in [5.74, 6) is 0.689.